The first-order valence-corrected chi connectivity index (χ1v) is 8.39. The molecular formula is C19H10BrFN2O3. The van der Waals surface area contributed by atoms with Crippen molar-refractivity contribution in [1.82, 2.24) is 0 Å². The average molecular weight is 413 g/mol. The lowest BCUT2D eigenvalue weighted by Crippen LogP contribution is -2.26. The first kappa shape index (κ1) is 16.4. The molecule has 4 rings (SSSR count). The summed E-state index contributed by atoms with van der Waals surface area (Å²) in [6.07, 6.45) is 0. The Hall–Kier alpha value is -3.11. The van der Waals surface area contributed by atoms with E-state index < -0.39 is 17.4 Å². The van der Waals surface area contributed by atoms with E-state index in [1.807, 2.05) is 6.07 Å². The van der Waals surface area contributed by atoms with E-state index in [1.165, 1.54) is 18.2 Å². The van der Waals surface area contributed by atoms with Crippen molar-refractivity contribution in [2.45, 2.75) is 5.92 Å². The zero-order chi connectivity index (χ0) is 18.4. The number of hydrogen-bond donors (Lipinski definition) is 1. The number of allylic oxidation sites excluding steroid dienone is 1. The summed E-state index contributed by atoms with van der Waals surface area (Å²) < 4.78 is 24.9. The number of halogens is 2. The standard InChI is InChI=1S/C19H10BrFN2O3/c20-12-7-9(5-6-13(12)21)15-11(8-22)18(23)26-17-10-3-1-2-4-14(10)25-19(24)16(15)17/h1-7,15H,23H2/t15-/m1/s1. The monoisotopic (exact) mass is 412 g/mol. The maximum absolute atomic E-state index is 13.7. The highest BCUT2D eigenvalue weighted by atomic mass is 79.9. The van der Waals surface area contributed by atoms with Gasteiger partial charge >= 0.3 is 5.63 Å². The molecule has 2 aromatic carbocycles. The van der Waals surface area contributed by atoms with E-state index in [2.05, 4.69) is 15.9 Å². The van der Waals surface area contributed by atoms with E-state index >= 15 is 0 Å². The molecule has 0 aliphatic carbocycles. The number of hydrogen-bond acceptors (Lipinski definition) is 5. The molecule has 2 heterocycles. The quantitative estimate of drug-likeness (QED) is 0.611. The van der Waals surface area contributed by atoms with E-state index in [0.29, 0.717) is 16.5 Å². The van der Waals surface area contributed by atoms with Gasteiger partial charge in [-0.1, -0.05) is 18.2 Å². The molecule has 128 valence electrons. The van der Waals surface area contributed by atoms with Crippen LogP contribution in [0.1, 0.15) is 17.0 Å². The van der Waals surface area contributed by atoms with Gasteiger partial charge in [0.15, 0.2) is 5.75 Å². The molecule has 2 N–H and O–H groups in total. The maximum Gasteiger partial charge on any atom is 0.344 e. The third-order valence-corrected chi connectivity index (χ3v) is 4.86. The van der Waals surface area contributed by atoms with Crippen LogP contribution in [0.2, 0.25) is 0 Å². The summed E-state index contributed by atoms with van der Waals surface area (Å²) in [5.74, 6) is -1.12. The molecule has 1 atom stereocenters. The Labute approximate surface area is 155 Å². The van der Waals surface area contributed by atoms with Gasteiger partial charge in [-0.2, -0.15) is 5.26 Å². The van der Waals surface area contributed by atoms with Crippen molar-refractivity contribution in [1.29, 1.82) is 5.26 Å². The molecule has 0 saturated heterocycles. The first-order valence-electron chi connectivity index (χ1n) is 7.59. The Morgan fingerprint density at radius 1 is 1.23 bits per heavy atom. The Bertz CT molecular complexity index is 1190. The molecule has 0 unspecified atom stereocenters. The van der Waals surface area contributed by atoms with E-state index in [1.54, 1.807) is 24.3 Å². The molecule has 1 aliphatic rings. The molecule has 0 radical (unpaired) electrons. The lowest BCUT2D eigenvalue weighted by molar-refractivity contribution is 0.388. The van der Waals surface area contributed by atoms with Crippen LogP contribution < -0.4 is 16.1 Å². The first-order chi connectivity index (χ1) is 12.5. The number of nitriles is 1. The third kappa shape index (κ3) is 2.38. The molecule has 0 spiro atoms. The van der Waals surface area contributed by atoms with Crippen LogP contribution in [0.15, 0.2) is 67.6 Å². The second-order valence-corrected chi connectivity index (χ2v) is 6.58. The third-order valence-electron chi connectivity index (χ3n) is 4.25. The molecular weight excluding hydrogens is 403 g/mol. The summed E-state index contributed by atoms with van der Waals surface area (Å²) in [6, 6.07) is 13.1. The average Bonchev–Trinajstić information content (AvgIpc) is 2.63. The Balaban J connectivity index is 2.08. The highest BCUT2D eigenvalue weighted by Gasteiger charge is 2.35. The van der Waals surface area contributed by atoms with Crippen molar-refractivity contribution in [2.24, 2.45) is 5.73 Å². The van der Waals surface area contributed by atoms with Gasteiger partial charge in [0.2, 0.25) is 5.88 Å². The summed E-state index contributed by atoms with van der Waals surface area (Å²) >= 11 is 3.13. The number of nitrogens with zero attached hydrogens (tertiary/aromatic N) is 1. The second kappa shape index (κ2) is 6.00. The Morgan fingerprint density at radius 2 is 2.00 bits per heavy atom. The number of para-hydroxylation sites is 1. The minimum Gasteiger partial charge on any atom is -0.439 e. The van der Waals surface area contributed by atoms with E-state index in [0.717, 1.165) is 0 Å². The smallest absolute Gasteiger partial charge is 0.344 e. The van der Waals surface area contributed by atoms with Crippen molar-refractivity contribution in [3.63, 3.8) is 0 Å². The summed E-state index contributed by atoms with van der Waals surface area (Å²) in [5, 5.41) is 10.1. The number of nitrogens with two attached hydrogens (primary N) is 1. The number of fused-ring (bicyclic) bond motifs is 3. The van der Waals surface area contributed by atoms with Crippen LogP contribution in [0.25, 0.3) is 11.0 Å². The van der Waals surface area contributed by atoms with E-state index in [-0.39, 0.29) is 27.2 Å². The van der Waals surface area contributed by atoms with Crippen molar-refractivity contribution in [3.8, 4) is 11.8 Å². The normalized spacial score (nSPS) is 16.1. The van der Waals surface area contributed by atoms with Crippen LogP contribution >= 0.6 is 15.9 Å². The predicted molar refractivity (Wildman–Crippen MR) is 95.9 cm³/mol. The molecule has 5 nitrogen and oxygen atoms in total. The topological polar surface area (TPSA) is 89.3 Å². The van der Waals surface area contributed by atoms with Crippen LogP contribution in [-0.2, 0) is 0 Å². The molecule has 1 aliphatic heterocycles. The molecule has 0 amide bonds. The zero-order valence-corrected chi connectivity index (χ0v) is 14.7. The lowest BCUT2D eigenvalue weighted by atomic mass is 9.84. The molecule has 3 aromatic rings. The second-order valence-electron chi connectivity index (χ2n) is 5.73. The van der Waals surface area contributed by atoms with Crippen LogP contribution in [0.4, 0.5) is 4.39 Å². The highest BCUT2D eigenvalue weighted by molar-refractivity contribution is 9.10. The maximum atomic E-state index is 13.7. The highest BCUT2D eigenvalue weighted by Crippen LogP contribution is 2.43. The van der Waals surface area contributed by atoms with Crippen LogP contribution in [0.3, 0.4) is 0 Å². The van der Waals surface area contributed by atoms with Crippen LogP contribution in [0, 0.1) is 17.1 Å². The minimum atomic E-state index is -0.818. The zero-order valence-electron chi connectivity index (χ0n) is 13.1. The van der Waals surface area contributed by atoms with Gasteiger partial charge in [0.25, 0.3) is 0 Å². The predicted octanol–water partition coefficient (Wildman–Crippen LogP) is 3.91. The van der Waals surface area contributed by atoms with Crippen molar-refractivity contribution in [2.75, 3.05) is 0 Å². The van der Waals surface area contributed by atoms with Crippen molar-refractivity contribution < 1.29 is 13.5 Å². The largest absolute Gasteiger partial charge is 0.439 e. The van der Waals surface area contributed by atoms with Crippen LogP contribution in [-0.4, -0.2) is 0 Å². The van der Waals surface area contributed by atoms with Crippen molar-refractivity contribution >= 4 is 26.9 Å². The molecule has 0 saturated carbocycles. The molecule has 1 aromatic heterocycles. The van der Waals surface area contributed by atoms with Gasteiger partial charge in [0.1, 0.15) is 23.0 Å². The molecule has 0 fully saturated rings. The van der Waals surface area contributed by atoms with Crippen LogP contribution in [0.5, 0.6) is 5.75 Å². The number of rotatable bonds is 1. The summed E-state index contributed by atoms with van der Waals surface area (Å²) in [7, 11) is 0. The fraction of sp³-hybridized carbons (Fsp3) is 0.0526. The van der Waals surface area contributed by atoms with Gasteiger partial charge in [-0.25, -0.2) is 9.18 Å². The summed E-state index contributed by atoms with van der Waals surface area (Å²) in [5.41, 5.74) is 6.42. The van der Waals surface area contributed by atoms with Gasteiger partial charge in [-0.05, 0) is 45.8 Å². The van der Waals surface area contributed by atoms with Gasteiger partial charge in [0, 0.05) is 0 Å². The van der Waals surface area contributed by atoms with Crippen molar-refractivity contribution in [3.05, 3.63) is 85.8 Å². The summed E-state index contributed by atoms with van der Waals surface area (Å²) in [4.78, 5) is 12.7. The Morgan fingerprint density at radius 3 is 2.73 bits per heavy atom. The van der Waals surface area contributed by atoms with Gasteiger partial charge < -0.3 is 14.9 Å². The van der Waals surface area contributed by atoms with Gasteiger partial charge in [-0.15, -0.1) is 0 Å². The van der Waals surface area contributed by atoms with E-state index in [9.17, 15) is 14.4 Å². The van der Waals surface area contributed by atoms with Gasteiger partial charge in [-0.3, -0.25) is 0 Å². The summed E-state index contributed by atoms with van der Waals surface area (Å²) in [6.45, 7) is 0. The fourth-order valence-electron chi connectivity index (χ4n) is 3.09. The molecule has 0 bridgehead atoms. The number of ether oxygens (including phenoxy) is 1. The van der Waals surface area contributed by atoms with Gasteiger partial charge in [0.05, 0.1) is 21.3 Å². The minimum absolute atomic E-state index is 0.0681. The lowest BCUT2D eigenvalue weighted by Gasteiger charge is -2.26. The Kier molecular flexibility index (Phi) is 3.78. The molecule has 7 heteroatoms. The SMILES string of the molecule is N#CC1=C(N)Oc2c(c(=O)oc3ccccc23)[C@@H]1c1ccc(F)c(Br)c1. The fourth-order valence-corrected chi connectivity index (χ4v) is 3.49. The molecule has 26 heavy (non-hydrogen) atoms. The van der Waals surface area contributed by atoms with E-state index in [4.69, 9.17) is 14.9 Å². The number of benzene rings is 2.